The molecular formula is C34H46GaN6O10. The van der Waals surface area contributed by atoms with Gasteiger partial charge in [0.25, 0.3) is 0 Å². The van der Waals surface area contributed by atoms with E-state index in [1.165, 1.54) is 0 Å². The predicted octanol–water partition coefficient (Wildman–Crippen LogP) is -0.0955. The van der Waals surface area contributed by atoms with Gasteiger partial charge in [-0.15, -0.1) is 0 Å². The third-order valence-corrected chi connectivity index (χ3v) is 10.2. The summed E-state index contributed by atoms with van der Waals surface area (Å²) in [5.74, 6) is -2.80. The molecule has 1 aromatic carbocycles. The Morgan fingerprint density at radius 2 is 1.43 bits per heavy atom. The number of carbonyl (C=O) groups is 6. The number of likely N-dealkylation sites (N-methyl/N-ethyl adjacent to an activating group) is 1. The van der Waals surface area contributed by atoms with E-state index in [9.17, 15) is 33.9 Å². The fourth-order valence-electron chi connectivity index (χ4n) is 5.86. The van der Waals surface area contributed by atoms with Gasteiger partial charge in [0.15, 0.2) is 0 Å². The zero-order valence-electron chi connectivity index (χ0n) is 29.2. The first-order valence-electron chi connectivity index (χ1n) is 17.0. The van der Waals surface area contributed by atoms with E-state index in [0.29, 0.717) is 63.6 Å². The van der Waals surface area contributed by atoms with Crippen molar-refractivity contribution in [2.75, 3.05) is 97.5 Å². The smallest absolute Gasteiger partial charge is 0.00684 e. The van der Waals surface area contributed by atoms with Crippen LogP contribution in [0.3, 0.4) is 0 Å². The topological polar surface area (TPSA) is 179 Å². The number of nitrogens with one attached hydrogen (secondary N) is 1. The molecule has 3 unspecified atom stereocenters. The largest absolute Gasteiger partial charge is 0.370 e. The Kier molecular flexibility index (Phi) is 15.7. The van der Waals surface area contributed by atoms with Gasteiger partial charge in [0, 0.05) is 18.9 Å². The molecule has 0 saturated carbocycles. The Morgan fingerprint density at radius 3 is 1.98 bits per heavy atom. The minimum absolute atomic E-state index is 0.00403. The third-order valence-electron chi connectivity index (χ3n) is 8.70. The zero-order valence-corrected chi connectivity index (χ0v) is 31.6. The second-order valence-corrected chi connectivity index (χ2v) is 13.9. The number of Topliss-reactive ketones (excluding diaryl/α,β-unsaturated/α-hetero) is 1. The molecule has 3 aliphatic rings. The Morgan fingerprint density at radius 1 is 0.863 bits per heavy atom. The number of aliphatic carboxylic acids is 1. The Labute approximate surface area is 305 Å². The summed E-state index contributed by atoms with van der Waals surface area (Å²) >= 11 is -1.99. The predicted molar refractivity (Wildman–Crippen MR) is 185 cm³/mol. The van der Waals surface area contributed by atoms with Crippen molar-refractivity contribution in [3.8, 4) is 0 Å². The Balaban J connectivity index is 1.33. The molecule has 2 fully saturated rings. The molecule has 0 spiro atoms. The van der Waals surface area contributed by atoms with Crippen LogP contribution in [-0.4, -0.2) is 176 Å². The molecular weight excluding hydrogens is 720 g/mol. The molecule has 2 saturated heterocycles. The first kappa shape index (κ1) is 39.8. The zero-order chi connectivity index (χ0) is 36.8. The molecule has 3 atom stereocenters. The molecule has 0 aromatic heterocycles. The number of hydrogen-bond donors (Lipinski definition) is 2. The van der Waals surface area contributed by atoms with Crippen LogP contribution >= 0.6 is 0 Å². The van der Waals surface area contributed by atoms with Crippen molar-refractivity contribution < 1.29 is 45.7 Å². The van der Waals surface area contributed by atoms with Crippen LogP contribution in [0, 0.1) is 0 Å². The number of carbonyl (C=O) groups excluding carboxylic acids is 5. The summed E-state index contributed by atoms with van der Waals surface area (Å²) in [6.45, 7) is 5.22. The van der Waals surface area contributed by atoms with Crippen molar-refractivity contribution in [3.05, 3.63) is 53.8 Å². The quantitative estimate of drug-likeness (QED) is 0.173. The van der Waals surface area contributed by atoms with Crippen molar-refractivity contribution in [2.24, 2.45) is 0 Å². The van der Waals surface area contributed by atoms with Crippen LogP contribution in [0.2, 0.25) is 0 Å². The number of esters is 1. The van der Waals surface area contributed by atoms with Crippen LogP contribution < -0.4 is 5.32 Å². The van der Waals surface area contributed by atoms with Gasteiger partial charge in [-0.1, -0.05) is 12.1 Å². The molecule has 17 heteroatoms. The monoisotopic (exact) mass is 766 g/mol. The van der Waals surface area contributed by atoms with Crippen molar-refractivity contribution in [3.63, 3.8) is 0 Å². The summed E-state index contributed by atoms with van der Waals surface area (Å²) in [7, 11) is 1.90. The fourth-order valence-corrected chi connectivity index (χ4v) is 6.72. The molecule has 1 radical (unpaired) electrons. The van der Waals surface area contributed by atoms with E-state index in [-0.39, 0.29) is 69.3 Å². The van der Waals surface area contributed by atoms with Crippen LogP contribution in [0.15, 0.2) is 48.2 Å². The van der Waals surface area contributed by atoms with Gasteiger partial charge in [-0.05, 0) is 36.8 Å². The molecule has 3 aliphatic heterocycles. The first-order valence-corrected chi connectivity index (χ1v) is 19.0. The van der Waals surface area contributed by atoms with E-state index in [2.05, 4.69) is 5.32 Å². The summed E-state index contributed by atoms with van der Waals surface area (Å²) in [6.07, 6.45) is 5.39. The Bertz CT molecular complexity index is 1440. The summed E-state index contributed by atoms with van der Waals surface area (Å²) < 4.78 is 15.6. The Hall–Kier alpha value is -4.00. The summed E-state index contributed by atoms with van der Waals surface area (Å²) in [5, 5.41) is 12.2. The van der Waals surface area contributed by atoms with Crippen LogP contribution in [0.5, 0.6) is 0 Å². The van der Waals surface area contributed by atoms with Crippen LogP contribution in [0.1, 0.15) is 31.4 Å². The van der Waals surface area contributed by atoms with Crippen LogP contribution in [0.25, 0.3) is 0 Å². The first-order chi connectivity index (χ1) is 24.5. The van der Waals surface area contributed by atoms with Gasteiger partial charge in [-0.2, -0.15) is 0 Å². The normalized spacial score (nSPS) is 22.5. The summed E-state index contributed by atoms with van der Waals surface area (Å²) in [6, 6.07) is 7.12. The number of amides is 1. The van der Waals surface area contributed by atoms with Crippen molar-refractivity contribution in [1.29, 1.82) is 0 Å². The number of benzene rings is 1. The number of rotatable bonds is 11. The molecule has 275 valence electrons. The number of ether oxygens (including phenoxy) is 1. The van der Waals surface area contributed by atoms with Gasteiger partial charge < -0.3 is 15.0 Å². The van der Waals surface area contributed by atoms with Gasteiger partial charge in [0.1, 0.15) is 0 Å². The van der Waals surface area contributed by atoms with E-state index in [1.807, 2.05) is 51.1 Å². The van der Waals surface area contributed by atoms with Gasteiger partial charge in [0.05, 0.1) is 18.2 Å². The average Bonchev–Trinajstić information content (AvgIpc) is 3.08. The van der Waals surface area contributed by atoms with Gasteiger partial charge in [-0.3, -0.25) is 4.79 Å². The van der Waals surface area contributed by atoms with E-state index < -0.39 is 36.0 Å². The fraction of sp³-hybridized carbons (Fsp3) is 0.529. The van der Waals surface area contributed by atoms with E-state index >= 15 is 0 Å². The molecule has 16 nitrogen and oxygen atoms in total. The number of ketones is 1. The number of carboxylic acid groups (broad SMARTS) is 1. The van der Waals surface area contributed by atoms with Crippen molar-refractivity contribution in [2.45, 2.75) is 25.8 Å². The van der Waals surface area contributed by atoms with Crippen molar-refractivity contribution in [1.82, 2.24) is 24.5 Å². The maximum atomic E-state index is 13.1. The van der Waals surface area contributed by atoms with Crippen molar-refractivity contribution >= 4 is 59.4 Å². The molecule has 2 bridgehead atoms. The number of nitrogens with zero attached hydrogens (tertiary/aromatic N) is 5. The molecule has 2 N–H and O–H groups in total. The standard InChI is InChI=1S/C34H48N6O10.Ga/c1-3-50-34(49)26-10-11-36(2)29(20-26)25-4-6-27(7-5-25)35-30(42)9-8-28(41)21-37-12-14-38(22-31(43)44)16-18-40(24-33(47)48)19-17-39(15-13-37)23-32(45)46;/h4-7,10-11,20,29H,3,8-9,12-19,21-24H2,1-2H3,(H,35,42)(H,43,44)(H,45,46)(H,47,48);/q;+2/p-2/i;1-2. The number of fused-ring (bicyclic) bond motifs is 6. The number of carboxylic acids is 1. The second kappa shape index (κ2) is 20.1. The van der Waals surface area contributed by atoms with Gasteiger partial charge >= 0.3 is 196 Å². The maximum absolute atomic E-state index is 13.1. The second-order valence-electron chi connectivity index (χ2n) is 12.6. The minimum Gasteiger partial charge on any atom is -0.370 e. The van der Waals surface area contributed by atoms with Crippen LogP contribution in [0.4, 0.5) is 5.69 Å². The molecule has 51 heavy (non-hydrogen) atoms. The van der Waals surface area contributed by atoms with E-state index in [1.54, 1.807) is 30.0 Å². The molecule has 1 aromatic rings. The van der Waals surface area contributed by atoms with Gasteiger partial charge in [0.2, 0.25) is 0 Å². The maximum Gasteiger partial charge on any atom is 0.00684 e. The minimum atomic E-state index is -1.99. The van der Waals surface area contributed by atoms with Gasteiger partial charge in [-0.25, -0.2) is 4.79 Å². The number of anilines is 1. The SMILES string of the molecule is CCOC(=O)C1=CC(c2ccc(NC(=O)CCC(=O)CN3CCN4CCN(CC(=O)O)CCN(CC3)CC(=O)[O][68Ga][O]C(=O)C4)cc2)N(C)C=C1. The molecule has 3 heterocycles. The third kappa shape index (κ3) is 13.6. The number of hydrogen-bond acceptors (Lipinski definition) is 14. The van der Waals surface area contributed by atoms with E-state index in [0.717, 1.165) is 5.56 Å². The van der Waals surface area contributed by atoms with Crippen LogP contribution in [-0.2, 0) is 40.6 Å². The molecule has 1 amide bonds. The molecule has 0 aliphatic carbocycles. The summed E-state index contributed by atoms with van der Waals surface area (Å²) in [4.78, 5) is 84.0. The molecule has 4 rings (SSSR count). The average molecular weight is 767 g/mol. The van der Waals surface area contributed by atoms with E-state index in [4.69, 9.17) is 11.8 Å². The summed E-state index contributed by atoms with van der Waals surface area (Å²) in [5.41, 5.74) is 1.98.